The Kier molecular flexibility index (Phi) is 3.39. The minimum absolute atomic E-state index is 0.0845. The summed E-state index contributed by atoms with van der Waals surface area (Å²) in [5, 5.41) is -0.313. The van der Waals surface area contributed by atoms with Crippen LogP contribution in [0.1, 0.15) is 5.82 Å². The first kappa shape index (κ1) is 14.3. The van der Waals surface area contributed by atoms with Crippen LogP contribution in [0.4, 0.5) is 10.1 Å². The van der Waals surface area contributed by atoms with Gasteiger partial charge in [0, 0.05) is 31.2 Å². The van der Waals surface area contributed by atoms with Crippen LogP contribution >= 0.6 is 11.6 Å². The molecule has 0 atom stereocenters. The van der Waals surface area contributed by atoms with Gasteiger partial charge in [-0.15, -0.1) is 0 Å². The van der Waals surface area contributed by atoms with Crippen molar-refractivity contribution in [1.82, 2.24) is 13.9 Å². The van der Waals surface area contributed by atoms with Gasteiger partial charge in [-0.25, -0.2) is 17.8 Å². The van der Waals surface area contributed by atoms with Crippen LogP contribution in [-0.2, 0) is 23.1 Å². The summed E-state index contributed by atoms with van der Waals surface area (Å²) >= 11 is 5.67. The van der Waals surface area contributed by atoms with E-state index in [1.54, 1.807) is 12.4 Å². The maximum atomic E-state index is 14.1. The minimum Gasteiger partial charge on any atom is -0.399 e. The summed E-state index contributed by atoms with van der Waals surface area (Å²) in [5.74, 6) is -0.375. The molecule has 0 spiro atoms. The molecule has 9 heteroatoms. The van der Waals surface area contributed by atoms with E-state index in [2.05, 4.69) is 4.98 Å². The van der Waals surface area contributed by atoms with E-state index in [0.29, 0.717) is 12.4 Å². The lowest BCUT2D eigenvalue weighted by atomic mass is 10.3. The Labute approximate surface area is 126 Å². The molecule has 0 saturated heterocycles. The van der Waals surface area contributed by atoms with Crippen molar-refractivity contribution in [3.63, 3.8) is 0 Å². The summed E-state index contributed by atoms with van der Waals surface area (Å²) in [6.07, 6.45) is 3.38. The fourth-order valence-corrected chi connectivity index (χ4v) is 4.06. The van der Waals surface area contributed by atoms with E-state index in [9.17, 15) is 12.8 Å². The van der Waals surface area contributed by atoms with E-state index in [-0.39, 0.29) is 23.8 Å². The summed E-state index contributed by atoms with van der Waals surface area (Å²) in [4.78, 5) is 3.58. The summed E-state index contributed by atoms with van der Waals surface area (Å²) in [6.45, 7) is 0.783. The highest BCUT2D eigenvalue weighted by atomic mass is 35.5. The van der Waals surface area contributed by atoms with E-state index in [1.165, 1.54) is 10.4 Å². The van der Waals surface area contributed by atoms with Gasteiger partial charge in [-0.05, 0) is 12.1 Å². The molecule has 0 unspecified atom stereocenters. The van der Waals surface area contributed by atoms with E-state index in [4.69, 9.17) is 17.3 Å². The number of hydrogen-bond acceptors (Lipinski definition) is 4. The van der Waals surface area contributed by atoms with E-state index < -0.39 is 20.7 Å². The molecular formula is C12H12ClFN4O2S. The number of nitrogens with zero attached hydrogens (tertiary/aromatic N) is 3. The molecule has 6 nitrogen and oxygen atoms in total. The maximum Gasteiger partial charge on any atom is 0.246 e. The van der Waals surface area contributed by atoms with Crippen LogP contribution in [0.15, 0.2) is 29.4 Å². The number of halogens is 2. The third-order valence-electron chi connectivity index (χ3n) is 3.34. The van der Waals surface area contributed by atoms with Crippen molar-refractivity contribution < 1.29 is 12.8 Å². The Hall–Kier alpha value is -1.64. The quantitative estimate of drug-likeness (QED) is 0.845. The predicted molar refractivity (Wildman–Crippen MR) is 75.6 cm³/mol. The first-order valence-corrected chi connectivity index (χ1v) is 7.96. The predicted octanol–water partition coefficient (Wildman–Crippen LogP) is 1.46. The average Bonchev–Trinajstić information content (AvgIpc) is 2.89. The second-order valence-corrected chi connectivity index (χ2v) is 7.00. The Bertz CT molecular complexity index is 806. The summed E-state index contributed by atoms with van der Waals surface area (Å²) in [6, 6.07) is 2.26. The van der Waals surface area contributed by atoms with E-state index in [0.717, 1.165) is 6.07 Å². The van der Waals surface area contributed by atoms with E-state index >= 15 is 0 Å². The fraction of sp³-hybridized carbons (Fsp3) is 0.250. The maximum absolute atomic E-state index is 14.1. The molecule has 1 aromatic heterocycles. The molecule has 0 bridgehead atoms. The number of hydrogen-bond donors (Lipinski definition) is 1. The number of nitrogens with two attached hydrogens (primary N) is 1. The number of aromatic nitrogens is 2. The number of fused-ring (bicyclic) bond motifs is 1. The van der Waals surface area contributed by atoms with Gasteiger partial charge in [0.2, 0.25) is 10.0 Å². The molecule has 2 heterocycles. The molecular weight excluding hydrogens is 319 g/mol. The van der Waals surface area contributed by atoms with Gasteiger partial charge < -0.3 is 10.3 Å². The largest absolute Gasteiger partial charge is 0.399 e. The van der Waals surface area contributed by atoms with Gasteiger partial charge in [0.15, 0.2) is 5.82 Å². The Balaban J connectivity index is 2.03. The van der Waals surface area contributed by atoms with Crippen LogP contribution < -0.4 is 5.73 Å². The smallest absolute Gasteiger partial charge is 0.246 e. The molecule has 1 aliphatic heterocycles. The molecule has 0 saturated carbocycles. The number of sulfonamides is 1. The van der Waals surface area contributed by atoms with Gasteiger partial charge in [0.25, 0.3) is 0 Å². The third kappa shape index (κ3) is 2.39. The number of nitrogen functional groups attached to an aromatic ring is 1. The second kappa shape index (κ2) is 4.97. The average molecular weight is 331 g/mol. The monoisotopic (exact) mass is 330 g/mol. The number of benzene rings is 1. The van der Waals surface area contributed by atoms with Crippen molar-refractivity contribution in [2.45, 2.75) is 18.0 Å². The van der Waals surface area contributed by atoms with Crippen molar-refractivity contribution >= 4 is 27.3 Å². The molecule has 0 fully saturated rings. The van der Waals surface area contributed by atoms with Gasteiger partial charge in [-0.1, -0.05) is 11.6 Å². The lowest BCUT2D eigenvalue weighted by Crippen LogP contribution is -2.38. The first-order valence-electron chi connectivity index (χ1n) is 6.14. The minimum atomic E-state index is -4.02. The zero-order valence-corrected chi connectivity index (χ0v) is 12.4. The Morgan fingerprint density at radius 3 is 2.86 bits per heavy atom. The van der Waals surface area contributed by atoms with Gasteiger partial charge >= 0.3 is 0 Å². The summed E-state index contributed by atoms with van der Waals surface area (Å²) in [5.41, 5.74) is 5.66. The third-order valence-corrected chi connectivity index (χ3v) is 5.46. The van der Waals surface area contributed by atoms with Crippen molar-refractivity contribution in [1.29, 1.82) is 0 Å². The zero-order chi connectivity index (χ0) is 15.2. The lowest BCUT2D eigenvalue weighted by molar-refractivity contribution is 0.334. The molecule has 0 amide bonds. The van der Waals surface area contributed by atoms with Crippen LogP contribution in [0.25, 0.3) is 0 Å². The SMILES string of the molecule is Nc1cc(Cl)c(F)c(S(=O)(=O)N2CCn3ccnc3C2)c1. The van der Waals surface area contributed by atoms with Crippen molar-refractivity contribution in [2.24, 2.45) is 0 Å². The van der Waals surface area contributed by atoms with Crippen LogP contribution in [0.5, 0.6) is 0 Å². The molecule has 1 aliphatic rings. The molecule has 2 N–H and O–H groups in total. The standard InChI is InChI=1S/C12H12ClFN4O2S/c13-9-5-8(15)6-10(12(9)14)21(19,20)18-4-3-17-2-1-16-11(17)7-18/h1-2,5-6H,3-4,7,15H2. The highest BCUT2D eigenvalue weighted by Gasteiger charge is 2.32. The number of imidazole rings is 1. The topological polar surface area (TPSA) is 81.2 Å². The number of anilines is 1. The van der Waals surface area contributed by atoms with Gasteiger partial charge in [-0.3, -0.25) is 0 Å². The van der Waals surface area contributed by atoms with Crippen LogP contribution in [-0.4, -0.2) is 28.8 Å². The first-order chi connectivity index (χ1) is 9.89. The highest BCUT2D eigenvalue weighted by molar-refractivity contribution is 7.89. The lowest BCUT2D eigenvalue weighted by Gasteiger charge is -2.27. The van der Waals surface area contributed by atoms with Crippen molar-refractivity contribution in [3.05, 3.63) is 41.2 Å². The molecule has 1 aromatic carbocycles. The van der Waals surface area contributed by atoms with Crippen molar-refractivity contribution in [3.8, 4) is 0 Å². The van der Waals surface area contributed by atoms with Gasteiger partial charge in [0.1, 0.15) is 10.7 Å². The molecule has 112 valence electrons. The van der Waals surface area contributed by atoms with Crippen LogP contribution in [0.3, 0.4) is 0 Å². The Morgan fingerprint density at radius 2 is 2.10 bits per heavy atom. The van der Waals surface area contributed by atoms with Crippen LogP contribution in [0.2, 0.25) is 5.02 Å². The highest BCUT2D eigenvalue weighted by Crippen LogP contribution is 2.29. The number of rotatable bonds is 2. The summed E-state index contributed by atoms with van der Waals surface area (Å²) in [7, 11) is -4.02. The van der Waals surface area contributed by atoms with Gasteiger partial charge in [-0.2, -0.15) is 4.31 Å². The molecule has 21 heavy (non-hydrogen) atoms. The molecule has 0 aliphatic carbocycles. The summed E-state index contributed by atoms with van der Waals surface area (Å²) < 4.78 is 42.2. The van der Waals surface area contributed by atoms with Crippen LogP contribution in [0, 0.1) is 5.82 Å². The second-order valence-electron chi connectivity index (χ2n) is 4.69. The molecule has 3 rings (SSSR count). The molecule has 2 aromatic rings. The van der Waals surface area contributed by atoms with E-state index in [1.807, 2.05) is 4.57 Å². The fourth-order valence-electron chi connectivity index (χ4n) is 2.27. The normalized spacial score (nSPS) is 15.9. The van der Waals surface area contributed by atoms with Gasteiger partial charge in [0.05, 0.1) is 11.6 Å². The molecule has 0 radical (unpaired) electrons. The Morgan fingerprint density at radius 1 is 1.33 bits per heavy atom. The van der Waals surface area contributed by atoms with Crippen molar-refractivity contribution in [2.75, 3.05) is 12.3 Å². The zero-order valence-electron chi connectivity index (χ0n) is 10.8.